The highest BCUT2D eigenvalue weighted by Gasteiger charge is 2.44. The molecule has 0 saturated carbocycles. The van der Waals surface area contributed by atoms with Crippen molar-refractivity contribution in [1.29, 1.82) is 0 Å². The summed E-state index contributed by atoms with van der Waals surface area (Å²) in [6.45, 7) is 0. The number of benzene rings is 2. The Morgan fingerprint density at radius 3 is 2.38 bits per heavy atom. The summed E-state index contributed by atoms with van der Waals surface area (Å²) >= 11 is 0. The number of hydrogen-bond donors (Lipinski definition) is 1. The fraction of sp³-hybridized carbons (Fsp3) is 0.474. The predicted molar refractivity (Wildman–Crippen MR) is 86.3 cm³/mol. The van der Waals surface area contributed by atoms with Gasteiger partial charge in [-0.05, 0) is 55.1 Å². The molecule has 110 valence electrons. The van der Waals surface area contributed by atoms with E-state index in [-0.39, 0.29) is 0 Å². The first-order valence-electron chi connectivity index (χ1n) is 8.09. The Morgan fingerprint density at radius 1 is 1.00 bits per heavy atom. The average Bonchev–Trinajstić information content (AvgIpc) is 2.49. The third-order valence-corrected chi connectivity index (χ3v) is 5.66. The second-order valence-corrected chi connectivity index (χ2v) is 6.91. The van der Waals surface area contributed by atoms with Gasteiger partial charge in [0.2, 0.25) is 0 Å². The van der Waals surface area contributed by atoms with E-state index in [0.29, 0.717) is 12.1 Å². The summed E-state index contributed by atoms with van der Waals surface area (Å²) in [6.07, 6.45) is 5.51. The van der Waals surface area contributed by atoms with Gasteiger partial charge in [-0.25, -0.2) is 0 Å². The van der Waals surface area contributed by atoms with Crippen LogP contribution >= 0.6 is 0 Å². The highest BCUT2D eigenvalue weighted by atomic mass is 16.3. The molecule has 2 heteroatoms. The smallest absolute Gasteiger partial charge is 0.0926 e. The SMILES string of the molecule is CN1C2CCCC1CC(O)(c1ccc3ccccc3c1)C2. The van der Waals surface area contributed by atoms with Crippen molar-refractivity contribution in [2.45, 2.75) is 49.8 Å². The maximum absolute atomic E-state index is 11.3. The van der Waals surface area contributed by atoms with E-state index in [1.165, 1.54) is 30.0 Å². The van der Waals surface area contributed by atoms with Crippen LogP contribution in [0, 0.1) is 0 Å². The molecular formula is C19H23NO. The second-order valence-electron chi connectivity index (χ2n) is 6.91. The van der Waals surface area contributed by atoms with Gasteiger partial charge in [0.05, 0.1) is 5.60 Å². The van der Waals surface area contributed by atoms with Crippen molar-refractivity contribution in [3.05, 3.63) is 48.0 Å². The molecule has 1 N–H and O–H groups in total. The number of piperidine rings is 2. The summed E-state index contributed by atoms with van der Waals surface area (Å²) in [7, 11) is 2.23. The van der Waals surface area contributed by atoms with Crippen molar-refractivity contribution in [3.8, 4) is 0 Å². The molecular weight excluding hydrogens is 258 g/mol. The van der Waals surface area contributed by atoms with Crippen LogP contribution in [0.15, 0.2) is 42.5 Å². The average molecular weight is 281 g/mol. The largest absolute Gasteiger partial charge is 0.385 e. The summed E-state index contributed by atoms with van der Waals surface area (Å²) in [4.78, 5) is 2.50. The Labute approximate surface area is 126 Å². The van der Waals surface area contributed by atoms with E-state index in [1.807, 2.05) is 0 Å². The molecule has 21 heavy (non-hydrogen) atoms. The minimum atomic E-state index is -0.647. The van der Waals surface area contributed by atoms with Crippen LogP contribution < -0.4 is 0 Å². The van der Waals surface area contributed by atoms with E-state index < -0.39 is 5.60 Å². The molecule has 2 atom stereocenters. The summed E-state index contributed by atoms with van der Waals surface area (Å²) in [5.41, 5.74) is 0.456. The lowest BCUT2D eigenvalue weighted by molar-refractivity contribution is -0.0874. The van der Waals surface area contributed by atoms with Crippen LogP contribution in [0.2, 0.25) is 0 Å². The Bertz CT molecular complexity index is 651. The Morgan fingerprint density at radius 2 is 1.67 bits per heavy atom. The van der Waals surface area contributed by atoms with E-state index in [1.54, 1.807) is 0 Å². The number of fused-ring (bicyclic) bond motifs is 3. The van der Waals surface area contributed by atoms with Gasteiger partial charge in [-0.1, -0.05) is 42.8 Å². The molecule has 2 heterocycles. The van der Waals surface area contributed by atoms with Crippen molar-refractivity contribution in [3.63, 3.8) is 0 Å². The quantitative estimate of drug-likeness (QED) is 0.862. The number of aliphatic hydroxyl groups is 1. The Kier molecular flexibility index (Phi) is 3.05. The number of rotatable bonds is 1. The Balaban J connectivity index is 1.73. The van der Waals surface area contributed by atoms with E-state index in [2.05, 4.69) is 54.4 Å². The van der Waals surface area contributed by atoms with Crippen LogP contribution in [0.5, 0.6) is 0 Å². The number of hydrogen-bond acceptors (Lipinski definition) is 2. The minimum absolute atomic E-state index is 0.536. The van der Waals surface area contributed by atoms with Crippen LogP contribution in [0.25, 0.3) is 10.8 Å². The molecule has 2 aromatic carbocycles. The van der Waals surface area contributed by atoms with Crippen molar-refractivity contribution < 1.29 is 5.11 Å². The minimum Gasteiger partial charge on any atom is -0.385 e. The van der Waals surface area contributed by atoms with Crippen molar-refractivity contribution in [2.75, 3.05) is 7.05 Å². The molecule has 0 aliphatic carbocycles. The molecule has 2 nitrogen and oxygen atoms in total. The van der Waals surface area contributed by atoms with Gasteiger partial charge in [0, 0.05) is 12.1 Å². The zero-order valence-corrected chi connectivity index (χ0v) is 12.6. The zero-order valence-electron chi connectivity index (χ0n) is 12.6. The molecule has 2 aliphatic heterocycles. The van der Waals surface area contributed by atoms with E-state index in [0.717, 1.165) is 18.4 Å². The van der Waals surface area contributed by atoms with Gasteiger partial charge >= 0.3 is 0 Å². The molecule has 4 rings (SSSR count). The van der Waals surface area contributed by atoms with E-state index in [9.17, 15) is 5.11 Å². The van der Waals surface area contributed by atoms with Crippen molar-refractivity contribution in [1.82, 2.24) is 4.90 Å². The fourth-order valence-corrected chi connectivity index (χ4v) is 4.36. The Hall–Kier alpha value is -1.38. The summed E-state index contributed by atoms with van der Waals surface area (Å²) in [5, 5.41) is 13.8. The first kappa shape index (κ1) is 13.3. The van der Waals surface area contributed by atoms with Crippen LogP contribution in [0.3, 0.4) is 0 Å². The maximum Gasteiger partial charge on any atom is 0.0926 e. The first-order chi connectivity index (χ1) is 10.2. The van der Waals surface area contributed by atoms with Gasteiger partial charge in [0.15, 0.2) is 0 Å². The van der Waals surface area contributed by atoms with Gasteiger partial charge < -0.3 is 10.0 Å². The standard InChI is InChI=1S/C19H23NO/c1-20-17-7-4-8-18(20)13-19(21,12-17)16-10-9-14-5-2-3-6-15(14)11-16/h2-3,5-6,9-11,17-18,21H,4,7-8,12-13H2,1H3. The topological polar surface area (TPSA) is 23.5 Å². The molecule has 0 radical (unpaired) electrons. The van der Waals surface area contributed by atoms with E-state index >= 15 is 0 Å². The lowest BCUT2D eigenvalue weighted by Crippen LogP contribution is -2.55. The predicted octanol–water partition coefficient (Wildman–Crippen LogP) is 3.67. The monoisotopic (exact) mass is 281 g/mol. The maximum atomic E-state index is 11.3. The third-order valence-electron chi connectivity index (χ3n) is 5.66. The first-order valence-corrected chi connectivity index (χ1v) is 8.09. The molecule has 0 spiro atoms. The van der Waals surface area contributed by atoms with Gasteiger partial charge in [0.25, 0.3) is 0 Å². The van der Waals surface area contributed by atoms with E-state index in [4.69, 9.17) is 0 Å². The second kappa shape index (κ2) is 4.82. The van der Waals surface area contributed by atoms with Gasteiger partial charge in [-0.3, -0.25) is 0 Å². The lowest BCUT2D eigenvalue weighted by Gasteiger charge is -2.50. The molecule has 2 aromatic rings. The normalized spacial score (nSPS) is 33.2. The number of nitrogens with zero attached hydrogens (tertiary/aromatic N) is 1. The summed E-state index contributed by atoms with van der Waals surface area (Å²) in [6, 6.07) is 15.9. The van der Waals surface area contributed by atoms with Crippen LogP contribution in [0.4, 0.5) is 0 Å². The molecule has 2 fully saturated rings. The summed E-state index contributed by atoms with van der Waals surface area (Å²) in [5.74, 6) is 0. The molecule has 0 amide bonds. The van der Waals surface area contributed by atoms with Crippen LogP contribution in [0.1, 0.15) is 37.7 Å². The third kappa shape index (κ3) is 2.18. The van der Waals surface area contributed by atoms with Gasteiger partial charge in [0.1, 0.15) is 0 Å². The van der Waals surface area contributed by atoms with Crippen molar-refractivity contribution >= 4 is 10.8 Å². The van der Waals surface area contributed by atoms with Gasteiger partial charge in [-0.15, -0.1) is 0 Å². The molecule has 2 unspecified atom stereocenters. The summed E-state index contributed by atoms with van der Waals surface area (Å²) < 4.78 is 0. The van der Waals surface area contributed by atoms with Gasteiger partial charge in [-0.2, -0.15) is 0 Å². The van der Waals surface area contributed by atoms with Crippen molar-refractivity contribution in [2.24, 2.45) is 0 Å². The highest BCUT2D eigenvalue weighted by Crippen LogP contribution is 2.43. The lowest BCUT2D eigenvalue weighted by atomic mass is 9.72. The molecule has 0 aromatic heterocycles. The van der Waals surface area contributed by atoms with Crippen LogP contribution in [-0.4, -0.2) is 29.1 Å². The highest BCUT2D eigenvalue weighted by molar-refractivity contribution is 5.83. The van der Waals surface area contributed by atoms with Crippen LogP contribution in [-0.2, 0) is 5.60 Å². The molecule has 2 bridgehead atoms. The molecule has 2 saturated heterocycles. The fourth-order valence-electron chi connectivity index (χ4n) is 4.36. The zero-order chi connectivity index (χ0) is 14.4. The molecule has 2 aliphatic rings.